The molecule has 33 heavy (non-hydrogen) atoms. The van der Waals surface area contributed by atoms with Crippen molar-refractivity contribution in [3.63, 3.8) is 0 Å². The lowest BCUT2D eigenvalue weighted by atomic mass is 10.2. The van der Waals surface area contributed by atoms with Crippen molar-refractivity contribution in [3.05, 3.63) is 47.0 Å². The lowest BCUT2D eigenvalue weighted by molar-refractivity contribution is -0.127. The topological polar surface area (TPSA) is 64.1 Å². The van der Waals surface area contributed by atoms with Crippen LogP contribution >= 0.6 is 22.9 Å². The molecule has 1 aromatic heterocycles. The van der Waals surface area contributed by atoms with E-state index in [1.807, 2.05) is 43.3 Å². The number of carbonyl (C=O) groups excluding carboxylic acids is 1. The van der Waals surface area contributed by atoms with E-state index in [2.05, 4.69) is 4.90 Å². The maximum atomic E-state index is 13.6. The van der Waals surface area contributed by atoms with Gasteiger partial charge in [0.2, 0.25) is 6.10 Å². The first-order valence-electron chi connectivity index (χ1n) is 11.2. The molecule has 5 rings (SSSR count). The van der Waals surface area contributed by atoms with Gasteiger partial charge in [-0.1, -0.05) is 35.1 Å². The number of thiazole rings is 1. The van der Waals surface area contributed by atoms with Gasteiger partial charge in [-0.2, -0.15) is 0 Å². The van der Waals surface area contributed by atoms with Crippen LogP contribution in [0.2, 0.25) is 5.02 Å². The van der Waals surface area contributed by atoms with Crippen LogP contribution in [0.4, 0.5) is 5.13 Å². The second-order valence-corrected chi connectivity index (χ2v) is 9.59. The summed E-state index contributed by atoms with van der Waals surface area (Å²) in [5, 5.41) is 1.33. The normalized spacial score (nSPS) is 18.4. The maximum absolute atomic E-state index is 13.6. The van der Waals surface area contributed by atoms with Crippen molar-refractivity contribution >= 4 is 44.2 Å². The van der Waals surface area contributed by atoms with E-state index in [1.165, 1.54) is 11.3 Å². The van der Waals surface area contributed by atoms with E-state index >= 15 is 0 Å². The zero-order valence-corrected chi connectivity index (χ0v) is 20.0. The van der Waals surface area contributed by atoms with Crippen LogP contribution in [0.5, 0.6) is 11.5 Å². The number of nitrogens with zero attached hydrogens (tertiary/aromatic N) is 3. The molecule has 174 valence electrons. The number of aromatic nitrogens is 1. The molecule has 0 saturated carbocycles. The molecule has 0 unspecified atom stereocenters. The second-order valence-electron chi connectivity index (χ2n) is 8.18. The minimum Gasteiger partial charge on any atom is -0.485 e. The van der Waals surface area contributed by atoms with Crippen LogP contribution in [0.1, 0.15) is 12.0 Å². The van der Waals surface area contributed by atoms with E-state index < -0.39 is 6.10 Å². The molecule has 2 aliphatic rings. The van der Waals surface area contributed by atoms with E-state index in [-0.39, 0.29) is 12.5 Å². The Bertz CT molecular complexity index is 1150. The van der Waals surface area contributed by atoms with E-state index in [0.717, 1.165) is 55.0 Å². The zero-order chi connectivity index (χ0) is 22.8. The summed E-state index contributed by atoms with van der Waals surface area (Å²) in [6, 6.07) is 11.3. The number of rotatable bonds is 6. The minimum absolute atomic E-state index is 0.144. The van der Waals surface area contributed by atoms with Gasteiger partial charge in [-0.05, 0) is 43.2 Å². The summed E-state index contributed by atoms with van der Waals surface area (Å²) < 4.78 is 18.3. The molecule has 7 nitrogen and oxygen atoms in total. The number of carbonyl (C=O) groups is 1. The Kier molecular flexibility index (Phi) is 6.69. The molecule has 1 amide bonds. The third-order valence-electron chi connectivity index (χ3n) is 5.98. The fraction of sp³-hybridized carbons (Fsp3) is 0.417. The Labute approximate surface area is 201 Å². The molecule has 0 aliphatic carbocycles. The number of benzene rings is 2. The number of anilines is 1. The average Bonchev–Trinajstić information content (AvgIpc) is 3.29. The van der Waals surface area contributed by atoms with Gasteiger partial charge in [0.15, 0.2) is 16.6 Å². The summed E-state index contributed by atoms with van der Waals surface area (Å²) in [4.78, 5) is 22.6. The van der Waals surface area contributed by atoms with Crippen LogP contribution in [0.15, 0.2) is 36.4 Å². The Balaban J connectivity index is 1.38. The molecule has 0 N–H and O–H groups in total. The van der Waals surface area contributed by atoms with Crippen LogP contribution < -0.4 is 14.4 Å². The molecule has 1 saturated heterocycles. The van der Waals surface area contributed by atoms with Crippen LogP contribution in [-0.2, 0) is 9.53 Å². The van der Waals surface area contributed by atoms with Gasteiger partial charge in [0.05, 0.1) is 23.4 Å². The molecule has 3 heterocycles. The fourth-order valence-corrected chi connectivity index (χ4v) is 5.31. The lowest BCUT2D eigenvalue weighted by Crippen LogP contribution is -2.47. The van der Waals surface area contributed by atoms with Gasteiger partial charge < -0.3 is 14.2 Å². The Morgan fingerprint density at radius 1 is 1.21 bits per heavy atom. The molecule has 2 aliphatic heterocycles. The standard InChI is InChI=1S/C24H26ClN3O4S/c1-16-17(25)7-8-21-22(16)26-24(33-21)28(10-4-9-27-11-13-30-14-12-27)23(29)20-15-31-18-5-2-3-6-19(18)32-20/h2-3,5-8,20H,4,9-15H2,1H3/t20-/m1/s1. The zero-order valence-electron chi connectivity index (χ0n) is 18.5. The van der Waals surface area contributed by atoms with Gasteiger partial charge in [0.25, 0.3) is 5.91 Å². The number of fused-ring (bicyclic) bond motifs is 2. The quantitative estimate of drug-likeness (QED) is 0.520. The van der Waals surface area contributed by atoms with Gasteiger partial charge in [0.1, 0.15) is 6.61 Å². The number of aryl methyl sites for hydroxylation is 1. The van der Waals surface area contributed by atoms with Crippen LogP contribution in [-0.4, -0.2) is 67.9 Å². The predicted molar refractivity (Wildman–Crippen MR) is 130 cm³/mol. The predicted octanol–water partition coefficient (Wildman–Crippen LogP) is 4.15. The first-order chi connectivity index (χ1) is 16.1. The highest BCUT2D eigenvalue weighted by Crippen LogP contribution is 2.35. The fourth-order valence-electron chi connectivity index (χ4n) is 4.10. The first-order valence-corrected chi connectivity index (χ1v) is 12.4. The Morgan fingerprint density at radius 3 is 2.82 bits per heavy atom. The van der Waals surface area contributed by atoms with Gasteiger partial charge in [-0.25, -0.2) is 4.98 Å². The van der Waals surface area contributed by atoms with Gasteiger partial charge in [0, 0.05) is 31.2 Å². The minimum atomic E-state index is -0.722. The molecule has 0 radical (unpaired) electrons. The van der Waals surface area contributed by atoms with Crippen molar-refractivity contribution in [1.29, 1.82) is 0 Å². The smallest absolute Gasteiger partial charge is 0.273 e. The number of morpholine rings is 1. The molecule has 3 aromatic rings. The molecule has 0 spiro atoms. The van der Waals surface area contributed by atoms with E-state index in [9.17, 15) is 4.79 Å². The molecular formula is C24H26ClN3O4S. The average molecular weight is 488 g/mol. The number of halogens is 1. The van der Waals surface area contributed by atoms with E-state index in [4.69, 9.17) is 30.8 Å². The number of para-hydroxylation sites is 2. The van der Waals surface area contributed by atoms with Crippen molar-refractivity contribution in [1.82, 2.24) is 9.88 Å². The summed E-state index contributed by atoms with van der Waals surface area (Å²) in [5.41, 5.74) is 1.75. The highest BCUT2D eigenvalue weighted by Gasteiger charge is 2.33. The molecule has 9 heteroatoms. The number of amides is 1. The van der Waals surface area contributed by atoms with E-state index in [1.54, 1.807) is 4.90 Å². The van der Waals surface area contributed by atoms with Crippen molar-refractivity contribution in [2.75, 3.05) is 50.9 Å². The number of hydrogen-bond acceptors (Lipinski definition) is 7. The highest BCUT2D eigenvalue weighted by molar-refractivity contribution is 7.22. The SMILES string of the molecule is Cc1c(Cl)ccc2sc(N(CCCN3CCOCC3)C(=O)[C@H]3COc4ccccc4O3)nc12. The van der Waals surface area contributed by atoms with Crippen molar-refractivity contribution in [2.45, 2.75) is 19.4 Å². The maximum Gasteiger partial charge on any atom is 0.273 e. The lowest BCUT2D eigenvalue weighted by Gasteiger charge is -2.31. The monoisotopic (exact) mass is 487 g/mol. The van der Waals surface area contributed by atoms with Crippen LogP contribution in [0, 0.1) is 6.92 Å². The van der Waals surface area contributed by atoms with Gasteiger partial charge in [-0.15, -0.1) is 0 Å². The third kappa shape index (κ3) is 4.80. The summed E-state index contributed by atoms with van der Waals surface area (Å²) in [5.74, 6) is 1.10. The molecule has 1 fully saturated rings. The van der Waals surface area contributed by atoms with Crippen LogP contribution in [0.3, 0.4) is 0 Å². The molecule has 1 atom stereocenters. The summed E-state index contributed by atoms with van der Waals surface area (Å²) in [6.07, 6.45) is 0.103. The second kappa shape index (κ2) is 9.85. The molecule has 0 bridgehead atoms. The number of hydrogen-bond donors (Lipinski definition) is 0. The van der Waals surface area contributed by atoms with Crippen LogP contribution in [0.25, 0.3) is 10.2 Å². The third-order valence-corrected chi connectivity index (χ3v) is 7.43. The highest BCUT2D eigenvalue weighted by atomic mass is 35.5. The summed E-state index contributed by atoms with van der Waals surface area (Å²) >= 11 is 7.81. The van der Waals surface area contributed by atoms with Crippen molar-refractivity contribution < 1.29 is 19.0 Å². The largest absolute Gasteiger partial charge is 0.485 e. The first kappa shape index (κ1) is 22.4. The summed E-state index contributed by atoms with van der Waals surface area (Å²) in [6.45, 7) is 6.92. The number of ether oxygens (including phenoxy) is 3. The van der Waals surface area contributed by atoms with Gasteiger partial charge in [-0.3, -0.25) is 14.6 Å². The van der Waals surface area contributed by atoms with Crippen molar-refractivity contribution in [3.8, 4) is 11.5 Å². The molecule has 2 aromatic carbocycles. The Hall–Kier alpha value is -2.39. The van der Waals surface area contributed by atoms with Gasteiger partial charge >= 0.3 is 0 Å². The summed E-state index contributed by atoms with van der Waals surface area (Å²) in [7, 11) is 0. The van der Waals surface area contributed by atoms with Crippen molar-refractivity contribution in [2.24, 2.45) is 0 Å². The van der Waals surface area contributed by atoms with E-state index in [0.29, 0.717) is 28.2 Å². The Morgan fingerprint density at radius 2 is 2.00 bits per heavy atom. The molecular weight excluding hydrogens is 462 g/mol.